The van der Waals surface area contributed by atoms with Crippen LogP contribution < -0.4 is 0 Å². The summed E-state index contributed by atoms with van der Waals surface area (Å²) in [5, 5.41) is 45.0. The first-order valence-corrected chi connectivity index (χ1v) is 8.14. The molecule has 0 unspecified atom stereocenters. The fourth-order valence-electron chi connectivity index (χ4n) is 2.22. The minimum Gasteiger partial charge on any atom is -0.478 e. The number of hydrogen-bond acceptors (Lipinski definition) is 7. The summed E-state index contributed by atoms with van der Waals surface area (Å²) >= 11 is 7.64. The van der Waals surface area contributed by atoms with E-state index < -0.39 is 62.6 Å². The van der Waals surface area contributed by atoms with Gasteiger partial charge in [-0.25, -0.2) is 24.0 Å². The van der Waals surface area contributed by atoms with Crippen molar-refractivity contribution in [3.63, 3.8) is 0 Å². The Kier molecular flexibility index (Phi) is 7.80. The van der Waals surface area contributed by atoms with Crippen LogP contribution in [-0.4, -0.2) is 55.4 Å². The molecule has 2 aromatic rings. The van der Waals surface area contributed by atoms with E-state index in [0.29, 0.717) is 0 Å². The van der Waals surface area contributed by atoms with E-state index >= 15 is 0 Å². The van der Waals surface area contributed by atoms with Crippen molar-refractivity contribution in [2.45, 2.75) is 9.79 Å². The maximum absolute atomic E-state index is 11.2. The van der Waals surface area contributed by atoms with Crippen molar-refractivity contribution >= 4 is 55.1 Å². The third-order valence-corrected chi connectivity index (χ3v) is 4.04. The number of thiol groups is 2. The molecule has 0 amide bonds. The summed E-state index contributed by atoms with van der Waals surface area (Å²) in [5.41, 5.74) is -6.64. The van der Waals surface area contributed by atoms with Gasteiger partial charge in [0, 0.05) is 9.79 Å². The van der Waals surface area contributed by atoms with Crippen LogP contribution in [0.4, 0.5) is 0 Å². The smallest absolute Gasteiger partial charge is 0.337 e. The Morgan fingerprint density at radius 2 is 0.793 bits per heavy atom. The van der Waals surface area contributed by atoms with Gasteiger partial charge in [-0.15, -0.1) is 25.3 Å². The van der Waals surface area contributed by atoms with Crippen molar-refractivity contribution in [3.8, 4) is 0 Å². The van der Waals surface area contributed by atoms with Crippen LogP contribution in [0, 0.1) is 0 Å². The molecule has 0 spiro atoms. The summed E-state index contributed by atoms with van der Waals surface area (Å²) in [7, 11) is 0. The molecule has 0 atom stereocenters. The van der Waals surface area contributed by atoms with Gasteiger partial charge in [-0.3, -0.25) is 0 Å². The van der Waals surface area contributed by atoms with E-state index in [4.69, 9.17) is 25.5 Å². The molecule has 0 saturated carbocycles. The summed E-state index contributed by atoms with van der Waals surface area (Å²) in [6, 6.07) is 9.79. The zero-order valence-corrected chi connectivity index (χ0v) is 15.8. The molecule has 2 aromatic carbocycles. The quantitative estimate of drug-likeness (QED) is 0.340. The van der Waals surface area contributed by atoms with Gasteiger partial charge in [0.15, 0.2) is 0 Å². The minimum atomic E-state index is -2.10. The largest absolute Gasteiger partial charge is 0.478 e. The van der Waals surface area contributed by atoms with Crippen LogP contribution in [0.1, 0.15) is 51.8 Å². The fraction of sp³-hybridized carbons (Fsp3) is 0. The van der Waals surface area contributed by atoms with Gasteiger partial charge in [0.2, 0.25) is 0 Å². The second-order valence-electron chi connectivity index (χ2n) is 5.08. The summed E-state index contributed by atoms with van der Waals surface area (Å²) < 4.78 is 0. The number of carboxylic acid groups (broad SMARTS) is 5. The topological polar surface area (TPSA) is 186 Å². The predicted molar refractivity (Wildman–Crippen MR) is 102 cm³/mol. The zero-order valence-electron chi connectivity index (χ0n) is 14.1. The van der Waals surface area contributed by atoms with Crippen LogP contribution in [0.2, 0.25) is 0 Å². The average Bonchev–Trinajstić information content (AvgIpc) is 2.60. The first-order chi connectivity index (χ1) is 13.4. The molecule has 10 nitrogen and oxygen atoms in total. The van der Waals surface area contributed by atoms with Gasteiger partial charge in [0.25, 0.3) is 0 Å². The molecule has 0 aliphatic carbocycles. The number of carbonyl (C=O) groups is 5. The molecule has 0 radical (unpaired) electrons. The lowest BCUT2D eigenvalue weighted by Crippen LogP contribution is -2.24. The Morgan fingerprint density at radius 3 is 1.00 bits per heavy atom. The molecule has 0 aliphatic rings. The first kappa shape index (κ1) is 23.5. The number of hydrogen-bond donors (Lipinski definition) is 7. The van der Waals surface area contributed by atoms with Gasteiger partial charge in [-0.2, -0.15) is 0 Å². The third kappa shape index (κ3) is 5.27. The maximum atomic E-state index is 11.2. The van der Waals surface area contributed by atoms with Crippen LogP contribution in [0.25, 0.3) is 0 Å². The van der Waals surface area contributed by atoms with Gasteiger partial charge < -0.3 is 25.5 Å². The number of rotatable bonds is 5. The first-order valence-electron chi connectivity index (χ1n) is 7.25. The normalized spacial score (nSPS) is 9.72. The van der Waals surface area contributed by atoms with Crippen molar-refractivity contribution in [2.75, 3.05) is 0 Å². The average molecular weight is 440 g/mol. The van der Waals surface area contributed by atoms with Crippen LogP contribution in [-0.2, 0) is 0 Å². The van der Waals surface area contributed by atoms with Crippen molar-refractivity contribution in [2.24, 2.45) is 0 Å². The fourth-order valence-corrected chi connectivity index (χ4v) is 2.81. The lowest BCUT2D eigenvalue weighted by molar-refractivity contribution is 0.0605. The van der Waals surface area contributed by atoms with Crippen LogP contribution >= 0.6 is 25.3 Å². The second kappa shape index (κ2) is 9.61. The summed E-state index contributed by atoms with van der Waals surface area (Å²) in [6.45, 7) is 0. The Bertz CT molecular complexity index is 962. The van der Waals surface area contributed by atoms with E-state index in [2.05, 4.69) is 25.3 Å². The number of aromatic carboxylic acids is 5. The predicted octanol–water partition coefficient (Wildman–Crippen LogP) is 2.44. The summed E-state index contributed by atoms with van der Waals surface area (Å²) in [4.78, 5) is 55.8. The van der Waals surface area contributed by atoms with E-state index in [0.717, 1.165) is 4.90 Å². The molecule has 0 aliphatic heterocycles. The monoisotopic (exact) mass is 440 g/mol. The highest BCUT2D eigenvalue weighted by molar-refractivity contribution is 7.80. The summed E-state index contributed by atoms with van der Waals surface area (Å²) in [5.74, 6) is -10.1. The molecule has 12 heteroatoms. The highest BCUT2D eigenvalue weighted by Crippen LogP contribution is 2.32. The van der Waals surface area contributed by atoms with Crippen molar-refractivity contribution in [3.05, 3.63) is 58.1 Å². The Morgan fingerprint density at radius 1 is 0.517 bits per heavy atom. The molecule has 0 fully saturated rings. The summed E-state index contributed by atoms with van der Waals surface area (Å²) in [6.07, 6.45) is 0. The van der Waals surface area contributed by atoms with E-state index in [-0.39, 0.29) is 0 Å². The van der Waals surface area contributed by atoms with Crippen LogP contribution in [0.3, 0.4) is 0 Å². The molecule has 5 N–H and O–H groups in total. The Labute approximate surface area is 172 Å². The van der Waals surface area contributed by atoms with E-state index in [1.165, 1.54) is 0 Å². The zero-order chi connectivity index (χ0) is 22.5. The Hall–Kier alpha value is -3.51. The number of benzene rings is 2. The van der Waals surface area contributed by atoms with Gasteiger partial charge >= 0.3 is 29.8 Å². The van der Waals surface area contributed by atoms with E-state index in [9.17, 15) is 24.0 Å². The van der Waals surface area contributed by atoms with Crippen molar-refractivity contribution in [1.29, 1.82) is 0 Å². The maximum Gasteiger partial charge on any atom is 0.337 e. The van der Waals surface area contributed by atoms with Crippen LogP contribution in [0.15, 0.2) is 40.1 Å². The highest BCUT2D eigenvalue weighted by Gasteiger charge is 2.37. The minimum absolute atomic E-state index is 0.972. The van der Waals surface area contributed by atoms with E-state index in [1.54, 1.807) is 0 Å². The molecule has 0 saturated heterocycles. The molecular weight excluding hydrogens is 428 g/mol. The van der Waals surface area contributed by atoms with E-state index in [1.807, 2.05) is 30.3 Å². The van der Waals surface area contributed by atoms with Crippen molar-refractivity contribution in [1.82, 2.24) is 0 Å². The molecule has 0 aromatic heterocycles. The molecular formula is C17H12O10S2. The van der Waals surface area contributed by atoms with Gasteiger partial charge in [-0.05, 0) is 12.1 Å². The molecule has 152 valence electrons. The molecule has 29 heavy (non-hydrogen) atoms. The standard InChI is InChI=1S/C11H6O10S.C6H6S/c12-7(13)1-2(8(14)15)4(10(18)19)6(22)5(11(20)21)3(1)9(16)17;7-6-4-2-1-3-5-6/h22H,(H,12,13)(H,14,15)(H,16,17)(H,18,19)(H,20,21);1-5,7H. The highest BCUT2D eigenvalue weighted by atomic mass is 32.1. The lowest BCUT2D eigenvalue weighted by atomic mass is 9.90. The second-order valence-corrected chi connectivity index (χ2v) is 6.05. The SMILES string of the molecule is O=C(O)c1c(S)c(C(=O)O)c(C(=O)O)c(C(=O)O)c1C(=O)O.Sc1ccccc1. The molecule has 0 bridgehead atoms. The van der Waals surface area contributed by atoms with Crippen molar-refractivity contribution < 1.29 is 49.5 Å². The molecule has 2 rings (SSSR count). The van der Waals surface area contributed by atoms with Crippen LogP contribution in [0.5, 0.6) is 0 Å². The van der Waals surface area contributed by atoms with Gasteiger partial charge in [0.05, 0.1) is 27.8 Å². The Balaban J connectivity index is 0.000000502. The number of carboxylic acids is 5. The lowest BCUT2D eigenvalue weighted by Gasteiger charge is -2.15. The van der Waals surface area contributed by atoms with Gasteiger partial charge in [-0.1, -0.05) is 18.2 Å². The van der Waals surface area contributed by atoms with Gasteiger partial charge in [0.1, 0.15) is 0 Å². The third-order valence-electron chi connectivity index (χ3n) is 3.30. The molecule has 0 heterocycles.